The lowest BCUT2D eigenvalue weighted by Gasteiger charge is -2.27. The molecule has 2 aromatic carbocycles. The van der Waals surface area contributed by atoms with Crippen LogP contribution in [0.2, 0.25) is 0 Å². The fourth-order valence-corrected chi connectivity index (χ4v) is 4.36. The summed E-state index contributed by atoms with van der Waals surface area (Å²) in [6.45, 7) is 7.14. The second-order valence-corrected chi connectivity index (χ2v) is 7.91. The minimum atomic E-state index is 0.0189. The number of ether oxygens (including phenoxy) is 1. The van der Waals surface area contributed by atoms with E-state index in [9.17, 15) is 4.79 Å². The van der Waals surface area contributed by atoms with Crippen molar-refractivity contribution in [1.29, 1.82) is 0 Å². The van der Waals surface area contributed by atoms with Gasteiger partial charge < -0.3 is 9.64 Å². The van der Waals surface area contributed by atoms with Crippen molar-refractivity contribution in [2.24, 2.45) is 0 Å². The van der Waals surface area contributed by atoms with Crippen LogP contribution < -0.4 is 9.80 Å². The molecule has 140 valence electrons. The van der Waals surface area contributed by atoms with Crippen molar-refractivity contribution >= 4 is 32.6 Å². The minimum Gasteiger partial charge on any atom is -0.370 e. The monoisotopic (exact) mass is 382 g/mol. The number of quaternary nitrogens is 1. The van der Waals surface area contributed by atoms with Gasteiger partial charge in [0, 0.05) is 5.56 Å². The molecule has 1 fully saturated rings. The fraction of sp³-hybridized carbons (Fsp3) is 0.333. The first-order chi connectivity index (χ1) is 13.2. The van der Waals surface area contributed by atoms with Gasteiger partial charge in [-0.15, -0.1) is 0 Å². The smallest absolute Gasteiger partial charge is 0.260 e. The fourth-order valence-electron chi connectivity index (χ4n) is 3.37. The zero-order valence-electron chi connectivity index (χ0n) is 15.5. The topological polar surface area (TPSA) is 46.9 Å². The Bertz CT molecular complexity index is 901. The van der Waals surface area contributed by atoms with Crippen molar-refractivity contribution in [3.63, 3.8) is 0 Å². The zero-order valence-corrected chi connectivity index (χ0v) is 16.3. The molecular formula is C21H24N3O2S+. The molecule has 27 heavy (non-hydrogen) atoms. The second-order valence-electron chi connectivity index (χ2n) is 6.90. The number of hydrogen-bond acceptors (Lipinski definition) is 4. The highest BCUT2D eigenvalue weighted by Crippen LogP contribution is 2.29. The number of thiazole rings is 1. The van der Waals surface area contributed by atoms with E-state index < -0.39 is 0 Å². The van der Waals surface area contributed by atoms with Gasteiger partial charge in [-0.05, 0) is 31.2 Å². The number of morpholine rings is 1. The van der Waals surface area contributed by atoms with Gasteiger partial charge in [-0.2, -0.15) is 0 Å². The van der Waals surface area contributed by atoms with Crippen LogP contribution in [0.1, 0.15) is 15.9 Å². The number of aromatic nitrogens is 1. The van der Waals surface area contributed by atoms with Crippen molar-refractivity contribution in [2.45, 2.75) is 6.92 Å². The number of benzene rings is 2. The summed E-state index contributed by atoms with van der Waals surface area (Å²) in [5, 5.41) is 0.773. The lowest BCUT2D eigenvalue weighted by molar-refractivity contribution is -0.906. The minimum absolute atomic E-state index is 0.0189. The molecule has 5 nitrogen and oxygen atoms in total. The molecule has 0 atom stereocenters. The molecule has 6 heteroatoms. The summed E-state index contributed by atoms with van der Waals surface area (Å²) in [6, 6.07) is 15.8. The standard InChI is InChI=1S/C21H23N3O2S/c1-16-5-4-6-17(15-16)20(25)24(10-9-23-11-13-26-14-12-23)21-22-18-7-2-3-8-19(18)27-21/h2-8,15H,9-14H2,1H3/p+1. The van der Waals surface area contributed by atoms with E-state index in [0.29, 0.717) is 12.1 Å². The van der Waals surface area contributed by atoms with Crippen LogP contribution in [0.3, 0.4) is 0 Å². The molecule has 1 aliphatic heterocycles. The molecule has 1 N–H and O–H groups in total. The molecule has 1 amide bonds. The van der Waals surface area contributed by atoms with Crippen LogP contribution in [-0.4, -0.2) is 50.3 Å². The van der Waals surface area contributed by atoms with Gasteiger partial charge in [-0.3, -0.25) is 9.69 Å². The number of hydrogen-bond donors (Lipinski definition) is 1. The Morgan fingerprint density at radius 3 is 2.78 bits per heavy atom. The van der Waals surface area contributed by atoms with E-state index in [2.05, 4.69) is 6.07 Å². The number of nitrogens with one attached hydrogen (secondary N) is 1. The maximum Gasteiger partial charge on any atom is 0.260 e. The molecule has 0 unspecified atom stereocenters. The number of carbonyl (C=O) groups is 1. The third-order valence-electron chi connectivity index (χ3n) is 4.91. The van der Waals surface area contributed by atoms with Crippen LogP contribution in [0.15, 0.2) is 48.5 Å². The van der Waals surface area contributed by atoms with E-state index in [1.807, 2.05) is 54.3 Å². The molecular weight excluding hydrogens is 358 g/mol. The van der Waals surface area contributed by atoms with Gasteiger partial charge >= 0.3 is 0 Å². The van der Waals surface area contributed by atoms with E-state index in [-0.39, 0.29) is 5.91 Å². The van der Waals surface area contributed by atoms with Gasteiger partial charge in [0.2, 0.25) is 0 Å². The Hall–Kier alpha value is -2.28. The third kappa shape index (κ3) is 4.18. The van der Waals surface area contributed by atoms with Crippen molar-refractivity contribution in [3.05, 3.63) is 59.7 Å². The van der Waals surface area contributed by atoms with Crippen molar-refractivity contribution in [2.75, 3.05) is 44.3 Å². The second kappa shape index (κ2) is 8.17. The van der Waals surface area contributed by atoms with E-state index in [1.165, 1.54) is 4.90 Å². The average molecular weight is 383 g/mol. The van der Waals surface area contributed by atoms with Crippen molar-refractivity contribution < 1.29 is 14.4 Å². The Morgan fingerprint density at radius 1 is 1.19 bits per heavy atom. The molecule has 0 bridgehead atoms. The normalized spacial score (nSPS) is 15.1. The molecule has 0 saturated carbocycles. The quantitative estimate of drug-likeness (QED) is 0.736. The first-order valence-electron chi connectivity index (χ1n) is 9.36. The molecule has 1 aliphatic rings. The van der Waals surface area contributed by atoms with Crippen LogP contribution in [0.25, 0.3) is 10.2 Å². The Labute approximate surface area is 163 Å². The number of fused-ring (bicyclic) bond motifs is 1. The summed E-state index contributed by atoms with van der Waals surface area (Å²) in [5.41, 5.74) is 2.74. The first-order valence-corrected chi connectivity index (χ1v) is 10.2. The summed E-state index contributed by atoms with van der Waals surface area (Å²) in [7, 11) is 0. The van der Waals surface area contributed by atoms with Gasteiger partial charge in [0.25, 0.3) is 5.91 Å². The summed E-state index contributed by atoms with van der Waals surface area (Å²) in [4.78, 5) is 21.4. The summed E-state index contributed by atoms with van der Waals surface area (Å²) >= 11 is 1.58. The largest absolute Gasteiger partial charge is 0.370 e. The summed E-state index contributed by atoms with van der Waals surface area (Å²) in [6.07, 6.45) is 0. The Balaban J connectivity index is 1.62. The Kier molecular flexibility index (Phi) is 5.48. The van der Waals surface area contributed by atoms with Gasteiger partial charge in [-0.25, -0.2) is 4.98 Å². The number of nitrogens with zero attached hydrogens (tertiary/aromatic N) is 2. The van der Waals surface area contributed by atoms with Crippen LogP contribution in [-0.2, 0) is 4.74 Å². The highest BCUT2D eigenvalue weighted by Gasteiger charge is 2.24. The highest BCUT2D eigenvalue weighted by molar-refractivity contribution is 7.22. The van der Waals surface area contributed by atoms with Crippen LogP contribution in [0.4, 0.5) is 5.13 Å². The number of amides is 1. The molecule has 2 heterocycles. The zero-order chi connectivity index (χ0) is 18.6. The third-order valence-corrected chi connectivity index (χ3v) is 5.97. The predicted octanol–water partition coefficient (Wildman–Crippen LogP) is 2.17. The number of rotatable bonds is 5. The number of carbonyl (C=O) groups excluding carboxylic acids is 1. The van der Waals surface area contributed by atoms with Gasteiger partial charge in [0.1, 0.15) is 13.1 Å². The Morgan fingerprint density at radius 2 is 2.00 bits per heavy atom. The maximum atomic E-state index is 13.3. The van der Waals surface area contributed by atoms with E-state index in [0.717, 1.165) is 53.8 Å². The molecule has 1 saturated heterocycles. The molecule has 4 rings (SSSR count). The number of anilines is 1. The van der Waals surface area contributed by atoms with E-state index >= 15 is 0 Å². The van der Waals surface area contributed by atoms with Crippen LogP contribution >= 0.6 is 11.3 Å². The molecule has 0 aliphatic carbocycles. The molecule has 3 aromatic rings. The molecule has 1 aromatic heterocycles. The summed E-state index contributed by atoms with van der Waals surface area (Å²) in [5.74, 6) is 0.0189. The average Bonchev–Trinajstić information content (AvgIpc) is 3.12. The first kappa shape index (κ1) is 18.1. The van der Waals surface area contributed by atoms with Gasteiger partial charge in [0.05, 0.1) is 36.5 Å². The molecule has 0 spiro atoms. The van der Waals surface area contributed by atoms with Gasteiger partial charge in [0.15, 0.2) is 5.13 Å². The number of aryl methyl sites for hydroxylation is 1. The van der Waals surface area contributed by atoms with E-state index in [1.54, 1.807) is 11.3 Å². The number of para-hydroxylation sites is 1. The lowest BCUT2D eigenvalue weighted by Crippen LogP contribution is -3.14. The van der Waals surface area contributed by atoms with Crippen LogP contribution in [0.5, 0.6) is 0 Å². The lowest BCUT2D eigenvalue weighted by atomic mass is 10.1. The summed E-state index contributed by atoms with van der Waals surface area (Å²) < 4.78 is 6.55. The SMILES string of the molecule is Cc1cccc(C(=O)N(CC[NH+]2CCOCC2)c2nc3ccccc3s2)c1. The molecule has 0 radical (unpaired) electrons. The maximum absolute atomic E-state index is 13.3. The predicted molar refractivity (Wildman–Crippen MR) is 109 cm³/mol. The van der Waals surface area contributed by atoms with Crippen molar-refractivity contribution in [3.8, 4) is 0 Å². The van der Waals surface area contributed by atoms with Gasteiger partial charge in [-0.1, -0.05) is 41.2 Å². The van der Waals surface area contributed by atoms with Crippen molar-refractivity contribution in [1.82, 2.24) is 4.98 Å². The van der Waals surface area contributed by atoms with Crippen LogP contribution in [0, 0.1) is 6.92 Å². The van der Waals surface area contributed by atoms with E-state index in [4.69, 9.17) is 9.72 Å². The highest BCUT2D eigenvalue weighted by atomic mass is 32.1.